The second-order valence-electron chi connectivity index (χ2n) is 5.92. The van der Waals surface area contributed by atoms with Crippen LogP contribution in [0.25, 0.3) is 11.1 Å². The molecule has 0 aliphatic carbocycles. The first-order valence-electron chi connectivity index (χ1n) is 8.28. The van der Waals surface area contributed by atoms with Crippen LogP contribution in [0.5, 0.6) is 5.75 Å². The van der Waals surface area contributed by atoms with Crippen LogP contribution >= 0.6 is 11.6 Å². The fourth-order valence-electron chi connectivity index (χ4n) is 2.60. The summed E-state index contributed by atoms with van der Waals surface area (Å²) < 4.78 is 5.56. The molecule has 3 aromatic rings. The summed E-state index contributed by atoms with van der Waals surface area (Å²) in [7, 11) is 0. The number of amides is 1. The molecule has 3 rings (SSSR count). The summed E-state index contributed by atoms with van der Waals surface area (Å²) >= 11 is 5.91. The van der Waals surface area contributed by atoms with Gasteiger partial charge in [0, 0.05) is 10.6 Å². The Morgan fingerprint density at radius 3 is 2.26 bits per heavy atom. The minimum Gasteiger partial charge on any atom is -0.491 e. The molecule has 27 heavy (non-hydrogen) atoms. The summed E-state index contributed by atoms with van der Waals surface area (Å²) in [6.07, 6.45) is -0.820. The van der Waals surface area contributed by atoms with E-state index in [1.165, 1.54) is 6.07 Å². The molecular formula is C21H18ClNO4. The van der Waals surface area contributed by atoms with Gasteiger partial charge in [-0.1, -0.05) is 54.1 Å². The number of carbonyl (C=O) groups excluding carboxylic acids is 1. The third kappa shape index (κ3) is 4.86. The maximum absolute atomic E-state index is 11.4. The van der Waals surface area contributed by atoms with Gasteiger partial charge in [-0.05, 0) is 47.0 Å². The van der Waals surface area contributed by atoms with Crippen LogP contribution in [-0.4, -0.2) is 22.8 Å². The number of nitrogens with one attached hydrogen (secondary N) is 1. The molecule has 0 saturated heterocycles. The number of carbonyl (C=O) groups is 1. The van der Waals surface area contributed by atoms with Crippen molar-refractivity contribution in [1.29, 1.82) is 0 Å². The van der Waals surface area contributed by atoms with Gasteiger partial charge >= 0.3 is 0 Å². The Kier molecular flexibility index (Phi) is 6.08. The van der Waals surface area contributed by atoms with Gasteiger partial charge in [-0.25, -0.2) is 5.48 Å². The van der Waals surface area contributed by atoms with Crippen LogP contribution in [0, 0.1) is 0 Å². The molecule has 1 unspecified atom stereocenters. The highest BCUT2D eigenvalue weighted by molar-refractivity contribution is 6.30. The van der Waals surface area contributed by atoms with E-state index in [9.17, 15) is 9.90 Å². The quantitative estimate of drug-likeness (QED) is 0.439. The van der Waals surface area contributed by atoms with Crippen molar-refractivity contribution in [2.24, 2.45) is 0 Å². The summed E-state index contributed by atoms with van der Waals surface area (Å²) in [6.45, 7) is 0.0322. The van der Waals surface area contributed by atoms with E-state index < -0.39 is 12.0 Å². The normalized spacial score (nSPS) is 11.7. The molecule has 0 aliphatic rings. The number of aliphatic hydroxyl groups excluding tert-OH is 1. The number of aliphatic hydroxyl groups is 1. The van der Waals surface area contributed by atoms with Crippen LogP contribution < -0.4 is 10.2 Å². The maximum Gasteiger partial charge on any atom is 0.274 e. The van der Waals surface area contributed by atoms with Crippen LogP contribution in [0.1, 0.15) is 22.0 Å². The minimum absolute atomic E-state index is 0.0322. The van der Waals surface area contributed by atoms with E-state index in [4.69, 9.17) is 21.5 Å². The van der Waals surface area contributed by atoms with Gasteiger partial charge in [0.2, 0.25) is 0 Å². The molecule has 0 heterocycles. The van der Waals surface area contributed by atoms with Crippen molar-refractivity contribution in [3.8, 4) is 16.9 Å². The molecule has 0 bridgehead atoms. The molecule has 0 saturated carbocycles. The molecule has 1 atom stereocenters. The number of benzene rings is 3. The highest BCUT2D eigenvalue weighted by Gasteiger charge is 2.10. The second-order valence-corrected chi connectivity index (χ2v) is 6.36. The minimum atomic E-state index is -0.820. The number of ether oxygens (including phenoxy) is 1. The van der Waals surface area contributed by atoms with Crippen molar-refractivity contribution >= 4 is 17.5 Å². The van der Waals surface area contributed by atoms with Gasteiger partial charge in [-0.3, -0.25) is 10.0 Å². The zero-order valence-corrected chi connectivity index (χ0v) is 15.1. The van der Waals surface area contributed by atoms with E-state index in [2.05, 4.69) is 0 Å². The van der Waals surface area contributed by atoms with Crippen molar-refractivity contribution in [3.63, 3.8) is 0 Å². The standard InChI is InChI=1S/C21H18ClNO4/c22-18-10-8-15(9-11-18)14-4-6-16(7-5-14)20(24)13-27-19-3-1-2-17(12-19)21(25)23-26/h1-12,20,24,26H,13H2,(H,23,25). The molecule has 3 N–H and O–H groups in total. The SMILES string of the molecule is O=C(NO)c1cccc(OCC(O)c2ccc(-c3ccc(Cl)cc3)cc2)c1. The Hall–Kier alpha value is -2.86. The molecule has 138 valence electrons. The average Bonchev–Trinajstić information content (AvgIpc) is 2.72. The number of hydrogen-bond donors (Lipinski definition) is 3. The third-order valence-electron chi connectivity index (χ3n) is 4.08. The van der Waals surface area contributed by atoms with Gasteiger partial charge in [0.05, 0.1) is 0 Å². The summed E-state index contributed by atoms with van der Waals surface area (Å²) in [4.78, 5) is 11.4. The molecule has 0 fully saturated rings. The van der Waals surface area contributed by atoms with Crippen LogP contribution in [-0.2, 0) is 0 Å². The first-order valence-corrected chi connectivity index (χ1v) is 8.66. The Morgan fingerprint density at radius 1 is 1.00 bits per heavy atom. The second kappa shape index (κ2) is 8.68. The fraction of sp³-hybridized carbons (Fsp3) is 0.0952. The van der Waals surface area contributed by atoms with Crippen molar-refractivity contribution in [1.82, 2.24) is 5.48 Å². The van der Waals surface area contributed by atoms with E-state index in [1.54, 1.807) is 23.7 Å². The maximum atomic E-state index is 11.4. The molecule has 5 nitrogen and oxygen atoms in total. The Balaban J connectivity index is 1.63. The summed E-state index contributed by atoms with van der Waals surface area (Å²) in [6, 6.07) is 21.4. The molecule has 6 heteroatoms. The van der Waals surface area contributed by atoms with Crippen LogP contribution in [0.4, 0.5) is 0 Å². The predicted molar refractivity (Wildman–Crippen MR) is 103 cm³/mol. The molecule has 3 aromatic carbocycles. The molecule has 1 amide bonds. The van der Waals surface area contributed by atoms with Crippen LogP contribution in [0.15, 0.2) is 72.8 Å². The van der Waals surface area contributed by atoms with E-state index in [1.807, 2.05) is 48.5 Å². The smallest absolute Gasteiger partial charge is 0.274 e. The monoisotopic (exact) mass is 383 g/mol. The largest absolute Gasteiger partial charge is 0.491 e. The predicted octanol–water partition coefficient (Wildman–Crippen LogP) is 4.24. The van der Waals surface area contributed by atoms with E-state index in [0.717, 1.165) is 16.7 Å². The molecule has 0 radical (unpaired) electrons. The average molecular weight is 384 g/mol. The van der Waals surface area contributed by atoms with Gasteiger partial charge in [0.25, 0.3) is 5.91 Å². The van der Waals surface area contributed by atoms with Gasteiger partial charge in [0.1, 0.15) is 18.5 Å². The van der Waals surface area contributed by atoms with Crippen LogP contribution in [0.2, 0.25) is 5.02 Å². The van der Waals surface area contributed by atoms with Crippen LogP contribution in [0.3, 0.4) is 0 Å². The van der Waals surface area contributed by atoms with Crippen molar-refractivity contribution in [2.75, 3.05) is 6.61 Å². The van der Waals surface area contributed by atoms with Gasteiger partial charge in [0.15, 0.2) is 0 Å². The first kappa shape index (κ1) is 18.9. The van der Waals surface area contributed by atoms with E-state index >= 15 is 0 Å². The van der Waals surface area contributed by atoms with Crippen molar-refractivity contribution in [2.45, 2.75) is 6.10 Å². The molecule has 0 aromatic heterocycles. The van der Waals surface area contributed by atoms with Crippen molar-refractivity contribution in [3.05, 3.63) is 88.9 Å². The zero-order valence-electron chi connectivity index (χ0n) is 14.3. The van der Waals surface area contributed by atoms with Gasteiger partial charge in [-0.15, -0.1) is 0 Å². The van der Waals surface area contributed by atoms with Gasteiger partial charge < -0.3 is 9.84 Å². The Labute approximate surface area is 161 Å². The van der Waals surface area contributed by atoms with E-state index in [0.29, 0.717) is 10.8 Å². The van der Waals surface area contributed by atoms with Gasteiger partial charge in [-0.2, -0.15) is 0 Å². The molecule has 0 spiro atoms. The topological polar surface area (TPSA) is 78.8 Å². The number of hydrogen-bond acceptors (Lipinski definition) is 4. The lowest BCUT2D eigenvalue weighted by molar-refractivity contribution is 0.0705. The lowest BCUT2D eigenvalue weighted by Crippen LogP contribution is -2.18. The highest BCUT2D eigenvalue weighted by Crippen LogP contribution is 2.24. The summed E-state index contributed by atoms with van der Waals surface area (Å²) in [5, 5.41) is 19.7. The van der Waals surface area contributed by atoms with E-state index in [-0.39, 0.29) is 12.2 Å². The van der Waals surface area contributed by atoms with Crippen molar-refractivity contribution < 1.29 is 19.8 Å². The molecule has 0 aliphatic heterocycles. The molecular weight excluding hydrogens is 366 g/mol. The summed E-state index contributed by atoms with van der Waals surface area (Å²) in [5.41, 5.74) is 4.61. The lowest BCUT2D eigenvalue weighted by atomic mass is 10.0. The Bertz CT molecular complexity index is 910. The zero-order chi connectivity index (χ0) is 19.2. The Morgan fingerprint density at radius 2 is 1.63 bits per heavy atom. The fourth-order valence-corrected chi connectivity index (χ4v) is 2.73. The lowest BCUT2D eigenvalue weighted by Gasteiger charge is -2.14. The first-order chi connectivity index (χ1) is 13.1. The number of halogens is 1. The highest BCUT2D eigenvalue weighted by atomic mass is 35.5. The number of rotatable bonds is 6. The third-order valence-corrected chi connectivity index (χ3v) is 4.33. The number of hydroxylamine groups is 1. The summed E-state index contributed by atoms with van der Waals surface area (Å²) in [5.74, 6) is -0.202.